The first-order chi connectivity index (χ1) is 16.7. The summed E-state index contributed by atoms with van der Waals surface area (Å²) in [7, 11) is 0. The Balaban J connectivity index is 1.35. The van der Waals surface area contributed by atoms with Crippen LogP contribution >= 0.6 is 0 Å². The van der Waals surface area contributed by atoms with Crippen LogP contribution in [-0.4, -0.2) is 43.4 Å². The van der Waals surface area contributed by atoms with Crippen molar-refractivity contribution in [3.05, 3.63) is 102 Å². The molecule has 1 aliphatic heterocycles. The van der Waals surface area contributed by atoms with Crippen LogP contribution in [0.25, 0.3) is 0 Å². The molecule has 1 saturated heterocycles. The Morgan fingerprint density at radius 1 is 1.06 bits per heavy atom. The molecule has 2 aromatic carbocycles. The maximum atomic E-state index is 13.5. The fourth-order valence-corrected chi connectivity index (χ4v) is 4.31. The van der Waals surface area contributed by atoms with Gasteiger partial charge in [-0.05, 0) is 48.7 Å². The molecular formula is C26H24FN5O2. The number of benzene rings is 2. The van der Waals surface area contributed by atoms with Crippen LogP contribution in [0.5, 0.6) is 11.6 Å². The van der Waals surface area contributed by atoms with E-state index in [0.29, 0.717) is 42.5 Å². The van der Waals surface area contributed by atoms with E-state index in [0.717, 1.165) is 18.4 Å². The van der Waals surface area contributed by atoms with E-state index in [1.54, 1.807) is 37.1 Å². The Morgan fingerprint density at radius 2 is 1.88 bits per heavy atom. The molecule has 1 amide bonds. The topological polar surface area (TPSA) is 73.1 Å². The zero-order valence-corrected chi connectivity index (χ0v) is 18.5. The quantitative estimate of drug-likeness (QED) is 0.421. The Labute approximate surface area is 196 Å². The molecule has 0 N–H and O–H groups in total. The minimum atomic E-state index is -0.332. The van der Waals surface area contributed by atoms with Gasteiger partial charge in [0.1, 0.15) is 17.3 Å². The molecule has 2 aromatic heterocycles. The summed E-state index contributed by atoms with van der Waals surface area (Å²) >= 11 is 0. The molecule has 1 aliphatic rings. The number of rotatable bonds is 6. The second kappa shape index (κ2) is 9.82. The van der Waals surface area contributed by atoms with Crippen LogP contribution < -0.4 is 4.74 Å². The first-order valence-corrected chi connectivity index (χ1v) is 11.2. The number of amides is 1. The van der Waals surface area contributed by atoms with Crippen molar-refractivity contribution in [2.24, 2.45) is 0 Å². The van der Waals surface area contributed by atoms with Crippen molar-refractivity contribution in [3.63, 3.8) is 0 Å². The smallest absolute Gasteiger partial charge is 0.254 e. The number of hydrogen-bond donors (Lipinski definition) is 0. The number of carbonyl (C=O) groups is 1. The van der Waals surface area contributed by atoms with Gasteiger partial charge < -0.3 is 14.2 Å². The van der Waals surface area contributed by atoms with Crippen LogP contribution in [0.4, 0.5) is 4.39 Å². The number of halogens is 1. The third-order valence-electron chi connectivity index (χ3n) is 5.97. The predicted molar refractivity (Wildman–Crippen MR) is 124 cm³/mol. The number of hydrogen-bond acceptors (Lipinski definition) is 5. The summed E-state index contributed by atoms with van der Waals surface area (Å²) in [4.78, 5) is 28.4. The molecule has 4 aromatic rings. The molecule has 8 heteroatoms. The zero-order valence-electron chi connectivity index (χ0n) is 18.5. The fourth-order valence-electron chi connectivity index (χ4n) is 4.31. The standard InChI is InChI=1S/C26H24FN5O2/c27-21-7-9-22(10-8-21)34-25-24(29-11-12-30-25)20-5-3-14-32(17-20)26(33)23-6-2-1-4-19(23)16-31-15-13-28-18-31/h1-2,4,6-13,15,18,20H,3,5,14,16-17H2/t20-/m1/s1. The molecule has 0 radical (unpaired) electrons. The van der Waals surface area contributed by atoms with Gasteiger partial charge in [0.15, 0.2) is 0 Å². The molecule has 0 bridgehead atoms. The maximum Gasteiger partial charge on any atom is 0.254 e. The first kappa shape index (κ1) is 21.8. The van der Waals surface area contributed by atoms with Crippen molar-refractivity contribution in [2.75, 3.05) is 13.1 Å². The molecule has 7 nitrogen and oxygen atoms in total. The van der Waals surface area contributed by atoms with E-state index >= 15 is 0 Å². The van der Waals surface area contributed by atoms with E-state index in [9.17, 15) is 9.18 Å². The van der Waals surface area contributed by atoms with E-state index in [4.69, 9.17) is 4.74 Å². The lowest BCUT2D eigenvalue weighted by atomic mass is 9.93. The van der Waals surface area contributed by atoms with Gasteiger partial charge in [0.25, 0.3) is 5.91 Å². The lowest BCUT2D eigenvalue weighted by Crippen LogP contribution is -2.39. The highest BCUT2D eigenvalue weighted by atomic mass is 19.1. The van der Waals surface area contributed by atoms with Crippen molar-refractivity contribution >= 4 is 5.91 Å². The Bertz CT molecular complexity index is 1260. The normalized spacial score (nSPS) is 15.8. The third kappa shape index (κ3) is 4.80. The molecular weight excluding hydrogens is 433 g/mol. The number of piperidine rings is 1. The number of aromatic nitrogens is 4. The summed E-state index contributed by atoms with van der Waals surface area (Å²) in [5.74, 6) is 0.531. The Hall–Kier alpha value is -4.07. The van der Waals surface area contributed by atoms with Crippen LogP contribution in [-0.2, 0) is 6.54 Å². The van der Waals surface area contributed by atoms with Crippen molar-refractivity contribution in [2.45, 2.75) is 25.3 Å². The largest absolute Gasteiger partial charge is 0.437 e. The minimum Gasteiger partial charge on any atom is -0.437 e. The summed E-state index contributed by atoms with van der Waals surface area (Å²) in [5, 5.41) is 0. The predicted octanol–water partition coefficient (Wildman–Crippen LogP) is 4.67. The first-order valence-electron chi connectivity index (χ1n) is 11.2. The molecule has 1 atom stereocenters. The number of imidazole rings is 1. The lowest BCUT2D eigenvalue weighted by molar-refractivity contribution is 0.0703. The average molecular weight is 458 g/mol. The van der Waals surface area contributed by atoms with Gasteiger partial charge in [0, 0.05) is 55.9 Å². The maximum absolute atomic E-state index is 13.5. The summed E-state index contributed by atoms with van der Waals surface area (Å²) in [6.07, 6.45) is 10.3. The summed E-state index contributed by atoms with van der Waals surface area (Å²) < 4.78 is 21.1. The zero-order chi connectivity index (χ0) is 23.3. The molecule has 3 heterocycles. The summed E-state index contributed by atoms with van der Waals surface area (Å²) in [6, 6.07) is 13.5. The van der Waals surface area contributed by atoms with Crippen molar-refractivity contribution < 1.29 is 13.9 Å². The van der Waals surface area contributed by atoms with Gasteiger partial charge in [-0.1, -0.05) is 18.2 Å². The van der Waals surface area contributed by atoms with Crippen LogP contribution in [0.1, 0.15) is 40.4 Å². The van der Waals surface area contributed by atoms with Gasteiger partial charge in [-0.3, -0.25) is 9.78 Å². The van der Waals surface area contributed by atoms with E-state index in [-0.39, 0.29) is 17.6 Å². The molecule has 1 fully saturated rings. The molecule has 0 spiro atoms. The van der Waals surface area contributed by atoms with Crippen molar-refractivity contribution in [1.29, 1.82) is 0 Å². The van der Waals surface area contributed by atoms with Gasteiger partial charge in [-0.15, -0.1) is 0 Å². The number of carbonyl (C=O) groups excluding carboxylic acids is 1. The lowest BCUT2D eigenvalue weighted by Gasteiger charge is -2.33. The molecule has 5 rings (SSSR count). The molecule has 34 heavy (non-hydrogen) atoms. The second-order valence-electron chi connectivity index (χ2n) is 8.29. The third-order valence-corrected chi connectivity index (χ3v) is 5.97. The van der Waals surface area contributed by atoms with Gasteiger partial charge in [-0.2, -0.15) is 0 Å². The van der Waals surface area contributed by atoms with Gasteiger partial charge >= 0.3 is 0 Å². The Kier molecular flexibility index (Phi) is 6.29. The highest BCUT2D eigenvalue weighted by molar-refractivity contribution is 5.95. The fraction of sp³-hybridized carbons (Fsp3) is 0.231. The van der Waals surface area contributed by atoms with E-state index in [1.165, 1.54) is 12.1 Å². The van der Waals surface area contributed by atoms with Gasteiger partial charge in [0.2, 0.25) is 5.88 Å². The summed E-state index contributed by atoms with van der Waals surface area (Å²) in [6.45, 7) is 1.79. The number of nitrogens with zero attached hydrogens (tertiary/aromatic N) is 5. The number of ether oxygens (including phenoxy) is 1. The summed E-state index contributed by atoms with van der Waals surface area (Å²) in [5.41, 5.74) is 2.35. The van der Waals surface area contributed by atoms with Gasteiger partial charge in [0.05, 0.1) is 6.33 Å². The average Bonchev–Trinajstić information content (AvgIpc) is 3.39. The molecule has 0 unspecified atom stereocenters. The van der Waals surface area contributed by atoms with Crippen LogP contribution in [0, 0.1) is 5.82 Å². The molecule has 172 valence electrons. The Morgan fingerprint density at radius 3 is 2.71 bits per heavy atom. The van der Waals surface area contributed by atoms with Crippen LogP contribution in [0.2, 0.25) is 0 Å². The molecule has 0 aliphatic carbocycles. The van der Waals surface area contributed by atoms with Crippen molar-refractivity contribution in [3.8, 4) is 11.6 Å². The van der Waals surface area contributed by atoms with E-state index in [2.05, 4.69) is 15.0 Å². The van der Waals surface area contributed by atoms with E-state index < -0.39 is 0 Å². The van der Waals surface area contributed by atoms with Crippen LogP contribution in [0.3, 0.4) is 0 Å². The molecule has 0 saturated carbocycles. The highest BCUT2D eigenvalue weighted by Crippen LogP contribution is 2.33. The highest BCUT2D eigenvalue weighted by Gasteiger charge is 2.29. The second-order valence-corrected chi connectivity index (χ2v) is 8.29. The minimum absolute atomic E-state index is 0.00492. The monoisotopic (exact) mass is 457 g/mol. The SMILES string of the molecule is O=C(c1ccccc1Cn1ccnc1)N1CCC[C@@H](c2nccnc2Oc2ccc(F)cc2)C1. The van der Waals surface area contributed by atoms with Crippen LogP contribution in [0.15, 0.2) is 79.6 Å². The number of likely N-dealkylation sites (tertiary alicyclic amines) is 1. The van der Waals surface area contributed by atoms with Gasteiger partial charge in [-0.25, -0.2) is 14.4 Å². The van der Waals surface area contributed by atoms with E-state index in [1.807, 2.05) is 39.9 Å². The van der Waals surface area contributed by atoms with Crippen molar-refractivity contribution in [1.82, 2.24) is 24.4 Å².